The second kappa shape index (κ2) is 11.5. The van der Waals surface area contributed by atoms with Crippen LogP contribution < -0.4 is 10.1 Å². The second-order valence-corrected chi connectivity index (χ2v) is 7.49. The first-order valence-electron chi connectivity index (χ1n) is 10.2. The topological polar surface area (TPSA) is 44.7 Å². The van der Waals surface area contributed by atoms with E-state index in [2.05, 4.69) is 22.3 Å². The molecule has 3 rings (SSSR count). The van der Waals surface area contributed by atoms with Gasteiger partial charge in [-0.05, 0) is 36.4 Å². The Morgan fingerprint density at radius 2 is 1.60 bits per heavy atom. The highest BCUT2D eigenvalue weighted by Gasteiger charge is 2.10. The summed E-state index contributed by atoms with van der Waals surface area (Å²) in [7, 11) is 1.99. The van der Waals surface area contributed by atoms with E-state index in [0.717, 1.165) is 17.9 Å². The first-order valence-corrected chi connectivity index (χ1v) is 10.2. The fourth-order valence-corrected chi connectivity index (χ4v) is 3.25. The van der Waals surface area contributed by atoms with Crippen molar-refractivity contribution >= 4 is 0 Å². The highest BCUT2D eigenvalue weighted by Crippen LogP contribution is 2.13. The van der Waals surface area contributed by atoms with Crippen LogP contribution in [-0.2, 0) is 19.6 Å². The van der Waals surface area contributed by atoms with Gasteiger partial charge in [0.15, 0.2) is 0 Å². The summed E-state index contributed by atoms with van der Waals surface area (Å²) in [5, 5.41) is 13.5. The standard InChI is InChI=1S/C25H29FN2O2/c1-28(17-21-7-3-2-4-8-21)18-23(29)19-30-24-13-11-20(12-14-24)15-27-16-22-9-5-6-10-25(22)26/h2-14,23,27,29H,15-19H2,1H3. The minimum absolute atomic E-state index is 0.193. The van der Waals surface area contributed by atoms with Gasteiger partial charge in [0.1, 0.15) is 24.3 Å². The zero-order chi connectivity index (χ0) is 21.2. The number of nitrogens with zero attached hydrogens (tertiary/aromatic N) is 1. The van der Waals surface area contributed by atoms with Crippen LogP contribution in [0.2, 0.25) is 0 Å². The van der Waals surface area contributed by atoms with E-state index in [1.165, 1.54) is 11.6 Å². The molecule has 0 saturated heterocycles. The lowest BCUT2D eigenvalue weighted by molar-refractivity contribution is 0.0744. The molecule has 158 valence electrons. The van der Waals surface area contributed by atoms with E-state index in [4.69, 9.17) is 4.74 Å². The van der Waals surface area contributed by atoms with Crippen LogP contribution in [0.1, 0.15) is 16.7 Å². The Bertz CT molecular complexity index is 887. The van der Waals surface area contributed by atoms with Crippen LogP contribution in [0.5, 0.6) is 5.75 Å². The van der Waals surface area contributed by atoms with Crippen molar-refractivity contribution in [1.82, 2.24) is 10.2 Å². The van der Waals surface area contributed by atoms with Crippen molar-refractivity contribution in [2.24, 2.45) is 0 Å². The van der Waals surface area contributed by atoms with Crippen molar-refractivity contribution in [3.05, 3.63) is 101 Å². The smallest absolute Gasteiger partial charge is 0.127 e. The van der Waals surface area contributed by atoms with Gasteiger partial charge >= 0.3 is 0 Å². The molecule has 0 aliphatic carbocycles. The van der Waals surface area contributed by atoms with Gasteiger partial charge in [0.2, 0.25) is 0 Å². The predicted molar refractivity (Wildman–Crippen MR) is 118 cm³/mol. The molecule has 0 aliphatic rings. The largest absolute Gasteiger partial charge is 0.491 e. The van der Waals surface area contributed by atoms with Gasteiger partial charge in [0.05, 0.1) is 0 Å². The zero-order valence-electron chi connectivity index (χ0n) is 17.3. The lowest BCUT2D eigenvalue weighted by Gasteiger charge is -2.21. The molecule has 2 N–H and O–H groups in total. The minimum atomic E-state index is -0.569. The summed E-state index contributed by atoms with van der Waals surface area (Å²) in [6.07, 6.45) is -0.569. The van der Waals surface area contributed by atoms with Crippen LogP contribution in [0.4, 0.5) is 4.39 Å². The summed E-state index contributed by atoms with van der Waals surface area (Å²) in [5.41, 5.74) is 2.96. The number of rotatable bonds is 11. The Kier molecular flexibility index (Phi) is 8.39. The molecule has 0 fully saturated rings. The maximum atomic E-state index is 13.6. The molecule has 0 saturated carbocycles. The predicted octanol–water partition coefficient (Wildman–Crippen LogP) is 3.99. The molecular formula is C25H29FN2O2. The number of benzene rings is 3. The van der Waals surface area contributed by atoms with Crippen LogP contribution in [-0.4, -0.2) is 36.3 Å². The zero-order valence-corrected chi connectivity index (χ0v) is 17.3. The Morgan fingerprint density at radius 1 is 0.900 bits per heavy atom. The van der Waals surface area contributed by atoms with Crippen LogP contribution >= 0.6 is 0 Å². The summed E-state index contributed by atoms with van der Waals surface area (Å²) < 4.78 is 19.3. The normalized spacial score (nSPS) is 12.1. The van der Waals surface area contributed by atoms with Crippen LogP contribution in [0.3, 0.4) is 0 Å². The van der Waals surface area contributed by atoms with Gasteiger partial charge in [-0.3, -0.25) is 4.90 Å². The van der Waals surface area contributed by atoms with E-state index in [1.807, 2.05) is 55.6 Å². The average Bonchev–Trinajstić information content (AvgIpc) is 2.75. The molecule has 0 spiro atoms. The number of halogens is 1. The van der Waals surface area contributed by atoms with Crippen molar-refractivity contribution in [2.75, 3.05) is 20.2 Å². The van der Waals surface area contributed by atoms with E-state index in [9.17, 15) is 9.50 Å². The molecule has 0 bridgehead atoms. The van der Waals surface area contributed by atoms with E-state index in [1.54, 1.807) is 12.1 Å². The molecule has 0 amide bonds. The van der Waals surface area contributed by atoms with E-state index in [-0.39, 0.29) is 12.4 Å². The summed E-state index contributed by atoms with van der Waals surface area (Å²) in [6, 6.07) is 24.7. The number of aliphatic hydroxyl groups is 1. The second-order valence-electron chi connectivity index (χ2n) is 7.49. The molecule has 0 radical (unpaired) electrons. The molecule has 3 aromatic rings. The summed E-state index contributed by atoms with van der Waals surface area (Å²) in [5.74, 6) is 0.527. The molecular weight excluding hydrogens is 379 g/mol. The summed E-state index contributed by atoms with van der Waals surface area (Å²) in [6.45, 7) is 2.68. The summed E-state index contributed by atoms with van der Waals surface area (Å²) >= 11 is 0. The number of hydrogen-bond acceptors (Lipinski definition) is 4. The van der Waals surface area contributed by atoms with Gasteiger partial charge < -0.3 is 15.2 Å². The SMILES string of the molecule is CN(Cc1ccccc1)CC(O)COc1ccc(CNCc2ccccc2F)cc1. The van der Waals surface area contributed by atoms with Crippen molar-refractivity contribution < 1.29 is 14.2 Å². The molecule has 4 nitrogen and oxygen atoms in total. The molecule has 5 heteroatoms. The molecule has 3 aromatic carbocycles. The minimum Gasteiger partial charge on any atom is -0.491 e. The number of hydrogen-bond donors (Lipinski definition) is 2. The molecule has 0 aromatic heterocycles. The Labute approximate surface area is 177 Å². The average molecular weight is 409 g/mol. The van der Waals surface area contributed by atoms with Crippen molar-refractivity contribution in [3.8, 4) is 5.75 Å². The number of ether oxygens (including phenoxy) is 1. The van der Waals surface area contributed by atoms with Gasteiger partial charge in [0.25, 0.3) is 0 Å². The lowest BCUT2D eigenvalue weighted by atomic mass is 10.2. The lowest BCUT2D eigenvalue weighted by Crippen LogP contribution is -2.32. The van der Waals surface area contributed by atoms with E-state index < -0.39 is 6.10 Å². The van der Waals surface area contributed by atoms with Crippen molar-refractivity contribution in [1.29, 1.82) is 0 Å². The molecule has 0 heterocycles. The fourth-order valence-electron chi connectivity index (χ4n) is 3.25. The number of nitrogens with one attached hydrogen (secondary N) is 1. The van der Waals surface area contributed by atoms with Gasteiger partial charge in [0, 0.05) is 31.7 Å². The maximum absolute atomic E-state index is 13.6. The van der Waals surface area contributed by atoms with E-state index >= 15 is 0 Å². The highest BCUT2D eigenvalue weighted by molar-refractivity contribution is 5.27. The fraction of sp³-hybridized carbons (Fsp3) is 0.280. The first kappa shape index (κ1) is 22.0. The highest BCUT2D eigenvalue weighted by atomic mass is 19.1. The first-order chi connectivity index (χ1) is 14.6. The number of likely N-dealkylation sites (N-methyl/N-ethyl adjacent to an activating group) is 1. The molecule has 30 heavy (non-hydrogen) atoms. The van der Waals surface area contributed by atoms with Crippen LogP contribution in [0.25, 0.3) is 0 Å². The number of aliphatic hydroxyl groups excluding tert-OH is 1. The quantitative estimate of drug-likeness (QED) is 0.504. The van der Waals surface area contributed by atoms with Gasteiger partial charge in [-0.1, -0.05) is 60.7 Å². The molecule has 1 atom stereocenters. The third-order valence-electron chi connectivity index (χ3n) is 4.79. The van der Waals surface area contributed by atoms with Crippen molar-refractivity contribution in [3.63, 3.8) is 0 Å². The summed E-state index contributed by atoms with van der Waals surface area (Å²) in [4.78, 5) is 2.08. The Hall–Kier alpha value is -2.73. The van der Waals surface area contributed by atoms with Crippen molar-refractivity contribution in [2.45, 2.75) is 25.7 Å². The third-order valence-corrected chi connectivity index (χ3v) is 4.79. The monoisotopic (exact) mass is 408 g/mol. The Morgan fingerprint density at radius 3 is 2.33 bits per heavy atom. The third kappa shape index (κ3) is 7.26. The van der Waals surface area contributed by atoms with Crippen LogP contribution in [0.15, 0.2) is 78.9 Å². The van der Waals surface area contributed by atoms with Gasteiger partial charge in [-0.2, -0.15) is 0 Å². The maximum Gasteiger partial charge on any atom is 0.127 e. The van der Waals surface area contributed by atoms with Gasteiger partial charge in [-0.25, -0.2) is 4.39 Å². The molecule has 1 unspecified atom stereocenters. The Balaban J connectivity index is 1.37. The molecule has 0 aliphatic heterocycles. The van der Waals surface area contributed by atoms with Gasteiger partial charge in [-0.15, -0.1) is 0 Å². The van der Waals surface area contributed by atoms with Crippen LogP contribution in [0, 0.1) is 5.82 Å². The van der Waals surface area contributed by atoms with E-state index in [0.29, 0.717) is 25.2 Å².